The maximum absolute atomic E-state index is 11.8. The number of hydrogen-bond acceptors (Lipinski definition) is 3. The van der Waals surface area contributed by atoms with Crippen molar-refractivity contribution < 1.29 is 14.6 Å². The van der Waals surface area contributed by atoms with Gasteiger partial charge in [-0.1, -0.05) is 42.5 Å². The highest BCUT2D eigenvalue weighted by atomic mass is 16.5. The molecule has 1 saturated heterocycles. The van der Waals surface area contributed by atoms with Crippen molar-refractivity contribution in [3.63, 3.8) is 0 Å². The van der Waals surface area contributed by atoms with E-state index < -0.39 is 11.9 Å². The largest absolute Gasteiger partial charge is 0.488 e. The van der Waals surface area contributed by atoms with Crippen molar-refractivity contribution in [2.45, 2.75) is 24.6 Å². The lowest BCUT2D eigenvalue weighted by atomic mass is 9.79. The fourth-order valence-corrected chi connectivity index (χ4v) is 4.00. The van der Waals surface area contributed by atoms with Crippen molar-refractivity contribution in [2.24, 2.45) is 11.8 Å². The summed E-state index contributed by atoms with van der Waals surface area (Å²) >= 11 is 0. The first-order valence-corrected chi connectivity index (χ1v) is 7.79. The zero-order valence-electron chi connectivity index (χ0n) is 12.2. The summed E-state index contributed by atoms with van der Waals surface area (Å²) in [5.41, 5.74) is 0. The number of fused-ring (bicyclic) bond motifs is 5. The third kappa shape index (κ3) is 2.06. The summed E-state index contributed by atoms with van der Waals surface area (Å²) in [7, 11) is 0. The molecule has 2 aliphatic heterocycles. The molecule has 4 heteroatoms. The molecule has 4 nitrogen and oxygen atoms in total. The minimum Gasteiger partial charge on any atom is -0.488 e. The molecule has 0 aromatic carbocycles. The third-order valence-electron chi connectivity index (χ3n) is 4.97. The van der Waals surface area contributed by atoms with E-state index in [1.54, 1.807) is 0 Å². The number of nitrogens with zero attached hydrogens (tertiary/aromatic N) is 1. The van der Waals surface area contributed by atoms with E-state index in [9.17, 15) is 9.90 Å². The van der Waals surface area contributed by atoms with Crippen LogP contribution in [0.15, 0.2) is 60.4 Å². The summed E-state index contributed by atoms with van der Waals surface area (Å²) in [5.74, 6) is -0.223. The van der Waals surface area contributed by atoms with Crippen LogP contribution in [0, 0.1) is 11.8 Å². The van der Waals surface area contributed by atoms with Gasteiger partial charge >= 0.3 is 5.97 Å². The minimum absolute atomic E-state index is 0.0452. The molecule has 1 N–H and O–H groups in total. The van der Waals surface area contributed by atoms with Crippen LogP contribution in [0.4, 0.5) is 0 Å². The van der Waals surface area contributed by atoms with Gasteiger partial charge in [0.25, 0.3) is 0 Å². The summed E-state index contributed by atoms with van der Waals surface area (Å²) in [6.07, 6.45) is 18.9. The van der Waals surface area contributed by atoms with Gasteiger partial charge in [0.05, 0.1) is 12.0 Å². The van der Waals surface area contributed by atoms with Crippen molar-refractivity contribution in [1.29, 1.82) is 0 Å². The van der Waals surface area contributed by atoms with Gasteiger partial charge in [0.15, 0.2) is 0 Å². The SMILES string of the molecule is O=C(O)C1C=CCN2C3C=CC=CC3OC3=CC=CCC3C12. The van der Waals surface area contributed by atoms with Gasteiger partial charge in [-0.3, -0.25) is 9.69 Å². The van der Waals surface area contributed by atoms with Crippen LogP contribution in [0.1, 0.15) is 6.42 Å². The van der Waals surface area contributed by atoms with Crippen LogP contribution in [-0.4, -0.2) is 40.7 Å². The van der Waals surface area contributed by atoms with Gasteiger partial charge < -0.3 is 9.84 Å². The first-order chi connectivity index (χ1) is 10.8. The number of aliphatic carboxylic acids is 1. The molecule has 5 unspecified atom stereocenters. The molecule has 4 aliphatic rings. The molecule has 114 valence electrons. The Balaban J connectivity index is 1.81. The quantitative estimate of drug-likeness (QED) is 0.754. The molecule has 2 aliphatic carbocycles. The van der Waals surface area contributed by atoms with Gasteiger partial charge in [0.1, 0.15) is 11.9 Å². The van der Waals surface area contributed by atoms with Gasteiger partial charge in [-0.15, -0.1) is 0 Å². The molecule has 1 fully saturated rings. The van der Waals surface area contributed by atoms with Crippen LogP contribution in [0.2, 0.25) is 0 Å². The average molecular weight is 297 g/mol. The Labute approximate surface area is 129 Å². The van der Waals surface area contributed by atoms with E-state index in [1.807, 2.05) is 36.5 Å². The molecule has 0 radical (unpaired) electrons. The van der Waals surface area contributed by atoms with Gasteiger partial charge in [-0.05, 0) is 18.6 Å². The highest BCUT2D eigenvalue weighted by molar-refractivity contribution is 5.73. The highest BCUT2D eigenvalue weighted by Gasteiger charge is 2.47. The number of carboxylic acid groups (broad SMARTS) is 1. The van der Waals surface area contributed by atoms with Crippen LogP contribution in [0.25, 0.3) is 0 Å². The van der Waals surface area contributed by atoms with Crippen molar-refractivity contribution in [3.05, 3.63) is 60.4 Å². The van der Waals surface area contributed by atoms with E-state index in [0.717, 1.165) is 18.7 Å². The van der Waals surface area contributed by atoms with Crippen LogP contribution in [0.3, 0.4) is 0 Å². The maximum atomic E-state index is 11.8. The zero-order chi connectivity index (χ0) is 15.1. The monoisotopic (exact) mass is 297 g/mol. The van der Waals surface area contributed by atoms with Crippen LogP contribution < -0.4 is 0 Å². The van der Waals surface area contributed by atoms with Crippen molar-refractivity contribution in [3.8, 4) is 0 Å². The predicted octanol–water partition coefficient (Wildman–Crippen LogP) is 2.28. The summed E-state index contributed by atoms with van der Waals surface area (Å²) in [4.78, 5) is 14.1. The van der Waals surface area contributed by atoms with Gasteiger partial charge in [0, 0.05) is 18.5 Å². The highest BCUT2D eigenvalue weighted by Crippen LogP contribution is 2.40. The molecular formula is C18H19NO3. The van der Waals surface area contributed by atoms with E-state index in [1.165, 1.54) is 0 Å². The number of rotatable bonds is 1. The molecule has 0 spiro atoms. The number of hydrogen-bond donors (Lipinski definition) is 1. The number of carboxylic acids is 1. The van der Waals surface area contributed by atoms with E-state index in [2.05, 4.69) is 23.1 Å². The number of carbonyl (C=O) groups is 1. The Morgan fingerprint density at radius 2 is 2.05 bits per heavy atom. The lowest BCUT2D eigenvalue weighted by Crippen LogP contribution is -2.54. The summed E-state index contributed by atoms with van der Waals surface area (Å²) < 4.78 is 6.25. The van der Waals surface area contributed by atoms with E-state index in [-0.39, 0.29) is 24.1 Å². The standard InChI is InChI=1S/C18H19NO3/c20-18(21)13-7-5-11-19-14-8-2-4-10-16(14)22-15-9-3-1-6-12(15)17(13)19/h1-5,7-10,12-14,16-17H,6,11H2,(H,20,21). The first-order valence-electron chi connectivity index (χ1n) is 7.79. The topological polar surface area (TPSA) is 49.8 Å². The van der Waals surface area contributed by atoms with Crippen LogP contribution in [0.5, 0.6) is 0 Å². The Morgan fingerprint density at radius 3 is 2.91 bits per heavy atom. The lowest BCUT2D eigenvalue weighted by Gasteiger charge is -2.42. The fraction of sp³-hybridized carbons (Fsp3) is 0.389. The second-order valence-corrected chi connectivity index (χ2v) is 6.16. The Hall–Kier alpha value is -2.07. The van der Waals surface area contributed by atoms with E-state index in [0.29, 0.717) is 0 Å². The zero-order valence-corrected chi connectivity index (χ0v) is 12.2. The fourth-order valence-electron chi connectivity index (χ4n) is 4.00. The van der Waals surface area contributed by atoms with Gasteiger partial charge in [-0.2, -0.15) is 0 Å². The molecule has 0 bridgehead atoms. The molecule has 2 heterocycles. The molecule has 22 heavy (non-hydrogen) atoms. The summed E-state index contributed by atoms with van der Waals surface area (Å²) in [6.45, 7) is 0.768. The van der Waals surface area contributed by atoms with Crippen molar-refractivity contribution in [2.75, 3.05) is 6.54 Å². The normalized spacial score (nSPS) is 39.1. The number of ether oxygens (including phenoxy) is 1. The summed E-state index contributed by atoms with van der Waals surface area (Å²) in [5, 5.41) is 9.67. The Bertz CT molecular complexity index is 628. The van der Waals surface area contributed by atoms with Gasteiger partial charge in [-0.25, -0.2) is 0 Å². The van der Waals surface area contributed by atoms with Crippen LogP contribution >= 0.6 is 0 Å². The first kappa shape index (κ1) is 13.6. The minimum atomic E-state index is -0.756. The Morgan fingerprint density at radius 1 is 1.18 bits per heavy atom. The predicted molar refractivity (Wildman–Crippen MR) is 83.0 cm³/mol. The average Bonchev–Trinajstić information content (AvgIpc) is 2.69. The third-order valence-corrected chi connectivity index (χ3v) is 4.97. The number of allylic oxidation sites excluding steroid dienone is 5. The molecule has 0 aromatic heterocycles. The van der Waals surface area contributed by atoms with Crippen molar-refractivity contribution in [1.82, 2.24) is 4.90 Å². The Kier molecular flexibility index (Phi) is 3.26. The van der Waals surface area contributed by atoms with Crippen molar-refractivity contribution >= 4 is 5.97 Å². The molecule has 0 saturated carbocycles. The molecule has 5 atom stereocenters. The molecular weight excluding hydrogens is 278 g/mol. The maximum Gasteiger partial charge on any atom is 0.311 e. The van der Waals surface area contributed by atoms with E-state index in [4.69, 9.17) is 4.74 Å². The second kappa shape index (κ2) is 5.29. The smallest absolute Gasteiger partial charge is 0.311 e. The lowest BCUT2D eigenvalue weighted by molar-refractivity contribution is -0.143. The molecule has 4 rings (SSSR count). The molecule has 0 amide bonds. The second-order valence-electron chi connectivity index (χ2n) is 6.16. The summed E-state index contributed by atoms with van der Waals surface area (Å²) in [6, 6.07) is 0.0261. The van der Waals surface area contributed by atoms with Crippen LogP contribution in [-0.2, 0) is 9.53 Å². The molecule has 0 aromatic rings. The van der Waals surface area contributed by atoms with Gasteiger partial charge in [0.2, 0.25) is 0 Å². The van der Waals surface area contributed by atoms with E-state index >= 15 is 0 Å².